The van der Waals surface area contributed by atoms with Crippen molar-refractivity contribution < 1.29 is 9.90 Å². The molecule has 0 unspecified atom stereocenters. The molecule has 0 fully saturated rings. The van der Waals surface area contributed by atoms with E-state index in [1.165, 1.54) is 4.90 Å². The normalized spacial score (nSPS) is 10.2. The van der Waals surface area contributed by atoms with Gasteiger partial charge in [0.25, 0.3) is 0 Å². The van der Waals surface area contributed by atoms with E-state index in [9.17, 15) is 4.79 Å². The predicted molar refractivity (Wildman–Crippen MR) is 83.3 cm³/mol. The molecule has 2 N–H and O–H groups in total. The Hall–Kier alpha value is -1.94. The van der Waals surface area contributed by atoms with E-state index in [4.69, 9.17) is 5.11 Å². The van der Waals surface area contributed by atoms with Crippen molar-refractivity contribution in [3.63, 3.8) is 0 Å². The van der Waals surface area contributed by atoms with Crippen LogP contribution in [0.4, 0.5) is 5.69 Å². The summed E-state index contributed by atoms with van der Waals surface area (Å²) in [5.41, 5.74) is 2.92. The molecule has 0 spiro atoms. The number of thioether (sulfide) groups is 1. The zero-order chi connectivity index (χ0) is 14.4. The number of benzene rings is 2. The summed E-state index contributed by atoms with van der Waals surface area (Å²) < 4.78 is 0. The largest absolute Gasteiger partial charge is 0.481 e. The van der Waals surface area contributed by atoms with E-state index in [1.807, 2.05) is 42.7 Å². The summed E-state index contributed by atoms with van der Waals surface area (Å²) in [6.45, 7) is 0.626. The van der Waals surface area contributed by atoms with Gasteiger partial charge in [-0.2, -0.15) is 0 Å². The quantitative estimate of drug-likeness (QED) is 0.796. The molecule has 0 heterocycles. The fourth-order valence-corrected chi connectivity index (χ4v) is 2.46. The molecule has 20 heavy (non-hydrogen) atoms. The lowest BCUT2D eigenvalue weighted by Gasteiger charge is -2.11. The van der Waals surface area contributed by atoms with Gasteiger partial charge in [-0.25, -0.2) is 0 Å². The number of rotatable bonds is 6. The maximum absolute atomic E-state index is 10.9. The number of hydrogen-bond donors (Lipinski definition) is 2. The van der Waals surface area contributed by atoms with Gasteiger partial charge in [-0.1, -0.05) is 30.3 Å². The van der Waals surface area contributed by atoms with E-state index in [1.54, 1.807) is 11.8 Å². The van der Waals surface area contributed by atoms with Gasteiger partial charge in [-0.15, -0.1) is 11.8 Å². The van der Waals surface area contributed by atoms with Gasteiger partial charge in [-0.05, 0) is 35.6 Å². The maximum Gasteiger partial charge on any atom is 0.307 e. The Labute approximate surface area is 123 Å². The first-order chi connectivity index (χ1) is 9.69. The minimum atomic E-state index is -0.804. The van der Waals surface area contributed by atoms with E-state index < -0.39 is 5.97 Å². The van der Waals surface area contributed by atoms with Crippen molar-refractivity contribution in [3.8, 4) is 0 Å². The van der Waals surface area contributed by atoms with Crippen molar-refractivity contribution in [1.82, 2.24) is 0 Å². The zero-order valence-corrected chi connectivity index (χ0v) is 12.1. The Bertz CT molecular complexity index is 599. The first-order valence-corrected chi connectivity index (χ1v) is 7.58. The molecule has 0 aliphatic heterocycles. The summed E-state index contributed by atoms with van der Waals surface area (Å²) in [4.78, 5) is 12.1. The number of nitrogens with one attached hydrogen (secondary N) is 1. The van der Waals surface area contributed by atoms with Crippen LogP contribution in [0.1, 0.15) is 11.1 Å². The van der Waals surface area contributed by atoms with Gasteiger partial charge in [0.05, 0.1) is 6.42 Å². The van der Waals surface area contributed by atoms with Gasteiger partial charge < -0.3 is 10.4 Å². The first-order valence-electron chi connectivity index (χ1n) is 6.35. The SMILES string of the molecule is CSc1cccc(NCc2ccccc2CC(=O)O)c1. The molecule has 2 aromatic carbocycles. The second-order valence-electron chi connectivity index (χ2n) is 4.42. The highest BCUT2D eigenvalue weighted by atomic mass is 32.2. The van der Waals surface area contributed by atoms with Crippen LogP contribution in [0.15, 0.2) is 53.4 Å². The molecule has 4 heteroatoms. The first kappa shape index (κ1) is 14.5. The Kier molecular flexibility index (Phi) is 5.07. The molecule has 0 saturated heterocycles. The van der Waals surface area contributed by atoms with Crippen LogP contribution in [0.2, 0.25) is 0 Å². The summed E-state index contributed by atoms with van der Waals surface area (Å²) in [7, 11) is 0. The fourth-order valence-electron chi connectivity index (χ4n) is 2.00. The number of carbonyl (C=O) groups is 1. The van der Waals surface area contributed by atoms with Gasteiger partial charge in [0, 0.05) is 17.1 Å². The Morgan fingerprint density at radius 2 is 1.90 bits per heavy atom. The molecular formula is C16H17NO2S. The highest BCUT2D eigenvalue weighted by Gasteiger charge is 2.06. The minimum Gasteiger partial charge on any atom is -0.481 e. The summed E-state index contributed by atoms with van der Waals surface area (Å²) in [6.07, 6.45) is 2.10. The number of aliphatic carboxylic acids is 1. The number of anilines is 1. The lowest BCUT2D eigenvalue weighted by atomic mass is 10.0. The van der Waals surface area contributed by atoms with Crippen LogP contribution in [-0.2, 0) is 17.8 Å². The van der Waals surface area contributed by atoms with Gasteiger partial charge in [0.15, 0.2) is 0 Å². The Balaban J connectivity index is 2.08. The molecule has 0 bridgehead atoms. The van der Waals surface area contributed by atoms with E-state index in [0.717, 1.165) is 16.8 Å². The fraction of sp³-hybridized carbons (Fsp3) is 0.188. The summed E-state index contributed by atoms with van der Waals surface area (Å²) >= 11 is 1.70. The average Bonchev–Trinajstić information content (AvgIpc) is 2.46. The van der Waals surface area contributed by atoms with Crippen molar-refractivity contribution >= 4 is 23.4 Å². The van der Waals surface area contributed by atoms with Gasteiger partial charge in [0.2, 0.25) is 0 Å². The van der Waals surface area contributed by atoms with E-state index in [0.29, 0.717) is 6.54 Å². The van der Waals surface area contributed by atoms with Crippen LogP contribution in [0, 0.1) is 0 Å². The van der Waals surface area contributed by atoms with E-state index in [2.05, 4.69) is 17.4 Å². The van der Waals surface area contributed by atoms with Crippen LogP contribution in [0.5, 0.6) is 0 Å². The second kappa shape index (κ2) is 7.01. The molecule has 0 amide bonds. The zero-order valence-electron chi connectivity index (χ0n) is 11.3. The standard InChI is InChI=1S/C16H17NO2S/c1-20-15-8-4-7-14(10-15)17-11-13-6-3-2-5-12(13)9-16(18)19/h2-8,10,17H,9,11H2,1H3,(H,18,19). The maximum atomic E-state index is 10.9. The van der Waals surface area contributed by atoms with Crippen LogP contribution in [0.25, 0.3) is 0 Å². The van der Waals surface area contributed by atoms with Crippen molar-refractivity contribution in [3.05, 3.63) is 59.7 Å². The number of hydrogen-bond acceptors (Lipinski definition) is 3. The average molecular weight is 287 g/mol. The second-order valence-corrected chi connectivity index (χ2v) is 5.30. The minimum absolute atomic E-state index is 0.0582. The highest BCUT2D eigenvalue weighted by molar-refractivity contribution is 7.98. The van der Waals surface area contributed by atoms with Gasteiger partial charge in [-0.3, -0.25) is 4.79 Å². The third-order valence-electron chi connectivity index (χ3n) is 3.01. The van der Waals surface area contributed by atoms with Crippen molar-refractivity contribution in [2.24, 2.45) is 0 Å². The predicted octanol–water partition coefficient (Wildman–Crippen LogP) is 3.65. The Morgan fingerprint density at radius 1 is 1.15 bits per heavy atom. The van der Waals surface area contributed by atoms with Crippen LogP contribution < -0.4 is 5.32 Å². The monoisotopic (exact) mass is 287 g/mol. The topological polar surface area (TPSA) is 49.3 Å². The molecule has 2 aromatic rings. The molecule has 0 atom stereocenters. The van der Waals surface area contributed by atoms with Gasteiger partial charge in [0.1, 0.15) is 0 Å². The molecule has 0 radical (unpaired) electrons. The molecule has 0 aromatic heterocycles. The highest BCUT2D eigenvalue weighted by Crippen LogP contribution is 2.20. The molecule has 3 nitrogen and oxygen atoms in total. The van der Waals surface area contributed by atoms with Crippen molar-refractivity contribution in [1.29, 1.82) is 0 Å². The summed E-state index contributed by atoms with van der Waals surface area (Å²) in [6, 6.07) is 15.8. The van der Waals surface area contributed by atoms with Crippen molar-refractivity contribution in [2.75, 3.05) is 11.6 Å². The molecular weight excluding hydrogens is 270 g/mol. The van der Waals surface area contributed by atoms with Crippen molar-refractivity contribution in [2.45, 2.75) is 17.9 Å². The lowest BCUT2D eigenvalue weighted by molar-refractivity contribution is -0.136. The molecule has 0 aliphatic carbocycles. The van der Waals surface area contributed by atoms with E-state index >= 15 is 0 Å². The molecule has 104 valence electrons. The van der Waals surface area contributed by atoms with Crippen LogP contribution in [0.3, 0.4) is 0 Å². The molecule has 0 saturated carbocycles. The molecule has 0 aliphatic rings. The summed E-state index contributed by atoms with van der Waals surface area (Å²) in [5.74, 6) is -0.804. The van der Waals surface area contributed by atoms with E-state index in [-0.39, 0.29) is 6.42 Å². The third kappa shape index (κ3) is 4.03. The lowest BCUT2D eigenvalue weighted by Crippen LogP contribution is -2.07. The smallest absolute Gasteiger partial charge is 0.307 e. The van der Waals surface area contributed by atoms with Gasteiger partial charge >= 0.3 is 5.97 Å². The third-order valence-corrected chi connectivity index (χ3v) is 3.74. The number of carboxylic acid groups (broad SMARTS) is 1. The molecule has 2 rings (SSSR count). The Morgan fingerprint density at radius 3 is 2.60 bits per heavy atom. The summed E-state index contributed by atoms with van der Waals surface area (Å²) in [5, 5.41) is 12.3. The number of carboxylic acids is 1. The van der Waals surface area contributed by atoms with Crippen LogP contribution in [-0.4, -0.2) is 17.3 Å². The van der Waals surface area contributed by atoms with Crippen LogP contribution >= 0.6 is 11.8 Å².